The summed E-state index contributed by atoms with van der Waals surface area (Å²) in [6, 6.07) is 0. The number of hydrogen-bond donors (Lipinski definition) is 10. The highest BCUT2D eigenvalue weighted by atomic mass is 32.5. The highest BCUT2D eigenvalue weighted by Crippen LogP contribution is 2.63. The molecule has 0 saturated carbocycles. The van der Waals surface area contributed by atoms with Crippen LogP contribution in [0.2, 0.25) is 0 Å². The molecule has 3 rings (SSSR count). The Balaban J connectivity index is 1.77. The van der Waals surface area contributed by atoms with E-state index in [1.54, 1.807) is 0 Å². The molecule has 12 N–H and O–H groups in total. The second-order valence-corrected chi connectivity index (χ2v) is 14.6. The molecular formula is C20H31FN2O16P2S2. The minimum atomic E-state index is -5.62. The van der Waals surface area contributed by atoms with E-state index < -0.39 is 94.1 Å². The third-order valence-corrected chi connectivity index (χ3v) is 11.2. The van der Waals surface area contributed by atoms with Crippen molar-refractivity contribution < 1.29 is 81.7 Å². The number of alkyl halides is 1. The summed E-state index contributed by atoms with van der Waals surface area (Å²) >= 11 is 5.45. The number of hydrogen-bond acceptors (Lipinski definition) is 17. The molecule has 1 aromatic rings. The van der Waals surface area contributed by atoms with Crippen LogP contribution in [0, 0.1) is 0 Å². The first-order chi connectivity index (χ1) is 19.8. The number of ether oxygens (including phenoxy) is 3. The Labute approximate surface area is 251 Å². The Bertz CT molecular complexity index is 1290. The first-order valence-electron chi connectivity index (χ1n) is 11.9. The quantitative estimate of drug-likeness (QED) is 0.0759. The number of thiophene rings is 1. The predicted molar refractivity (Wildman–Crippen MR) is 145 cm³/mol. The van der Waals surface area contributed by atoms with Crippen molar-refractivity contribution in [1.29, 1.82) is 0 Å². The molecule has 23 heteroatoms. The molecule has 18 nitrogen and oxygen atoms in total. The van der Waals surface area contributed by atoms with E-state index in [-0.39, 0.29) is 16.1 Å². The summed E-state index contributed by atoms with van der Waals surface area (Å²) in [7, 11) is -4.54. The van der Waals surface area contributed by atoms with Gasteiger partial charge in [0.15, 0.2) is 12.4 Å². The Morgan fingerprint density at radius 1 is 1.30 bits per heavy atom. The van der Waals surface area contributed by atoms with Crippen molar-refractivity contribution >= 4 is 49.3 Å². The molecule has 2 aliphatic heterocycles. The molecular weight excluding hydrogens is 669 g/mol. The number of carbonyl (C=O) groups is 1. The van der Waals surface area contributed by atoms with Crippen LogP contribution in [0.5, 0.6) is 0 Å². The van der Waals surface area contributed by atoms with E-state index in [4.69, 9.17) is 35.3 Å². The second kappa shape index (κ2) is 13.4. The molecule has 12 atom stereocenters. The first-order valence-corrected chi connectivity index (χ1v) is 16.8. The number of nitrogen functional groups attached to an aromatic ring is 1. The van der Waals surface area contributed by atoms with E-state index in [0.29, 0.717) is 0 Å². The lowest BCUT2D eigenvalue weighted by Gasteiger charge is -2.41. The van der Waals surface area contributed by atoms with Crippen molar-refractivity contribution in [1.82, 2.24) is 0 Å². The SMILES string of the molecule is C=C[C@]1(OC)[C@H](c2csc(C(N)=O)c2N)O[C@](F)(COP(O)(=S)OP(=O)(O)OC2OC([C@@H](O)CO)C(O)C(O)C2O)[C@H]1O. The maximum absolute atomic E-state index is 16.1. The number of anilines is 1. The standard InChI is InChI=1S/C20H31FN2O16P2S2/c1-3-19(34-2)15(7-5-43-14(9(7)22)16(23)29)37-20(21,18(19)30)6-35-41(33,42)39-40(31,32)38-17-12(28)10(26)11(27)13(36-17)8(25)4-24/h3,5,8,10-13,15,17-18,24-28,30H,1,4,6,22H2,2H3,(H2,23,29)(H,31,32)(H,33,42)/t8-,10?,11?,12?,13?,15-,17?,18-,19-,20+,41?/m0/s1. The fraction of sp³-hybridized carbons (Fsp3) is 0.650. The van der Waals surface area contributed by atoms with Gasteiger partial charge in [0.1, 0.15) is 53.7 Å². The van der Waals surface area contributed by atoms with Crippen molar-refractivity contribution in [3.8, 4) is 0 Å². The molecule has 43 heavy (non-hydrogen) atoms. The Kier molecular flexibility index (Phi) is 11.3. The fourth-order valence-corrected chi connectivity index (χ4v) is 8.34. The van der Waals surface area contributed by atoms with Gasteiger partial charge in [0, 0.05) is 12.7 Å². The van der Waals surface area contributed by atoms with Gasteiger partial charge < -0.3 is 70.6 Å². The van der Waals surface area contributed by atoms with Gasteiger partial charge in [-0.15, -0.1) is 17.9 Å². The number of halogens is 1. The molecule has 0 bridgehead atoms. The number of nitrogens with two attached hydrogens (primary N) is 2. The number of aliphatic hydroxyl groups excluding tert-OH is 6. The maximum Gasteiger partial charge on any atom is 0.481 e. The number of methoxy groups -OCH3 is 1. The zero-order valence-electron chi connectivity index (χ0n) is 22.0. The number of carbonyl (C=O) groups excluding carboxylic acids is 1. The van der Waals surface area contributed by atoms with Crippen LogP contribution in [-0.2, 0) is 43.9 Å². The fourth-order valence-electron chi connectivity index (χ4n) is 4.40. The molecule has 2 aliphatic rings. The maximum atomic E-state index is 16.1. The van der Waals surface area contributed by atoms with Crippen molar-refractivity contribution in [2.75, 3.05) is 26.1 Å². The third-order valence-electron chi connectivity index (χ3n) is 6.64. The van der Waals surface area contributed by atoms with Gasteiger partial charge >= 0.3 is 14.5 Å². The van der Waals surface area contributed by atoms with Gasteiger partial charge in [-0.2, -0.15) is 0 Å². The average Bonchev–Trinajstić information content (AvgIpc) is 3.41. The molecule has 2 saturated heterocycles. The summed E-state index contributed by atoms with van der Waals surface area (Å²) in [5.74, 6) is -4.18. The minimum Gasteiger partial charge on any atom is -0.397 e. The molecule has 2 fully saturated rings. The van der Waals surface area contributed by atoms with Gasteiger partial charge in [-0.1, -0.05) is 6.08 Å². The number of amides is 1. The van der Waals surface area contributed by atoms with Gasteiger partial charge in [0.2, 0.25) is 0 Å². The van der Waals surface area contributed by atoms with Gasteiger partial charge in [-0.3, -0.25) is 9.32 Å². The Morgan fingerprint density at radius 3 is 2.44 bits per heavy atom. The summed E-state index contributed by atoms with van der Waals surface area (Å²) in [4.78, 5) is 32.1. The summed E-state index contributed by atoms with van der Waals surface area (Å²) in [6.07, 6.45) is -15.1. The van der Waals surface area contributed by atoms with Crippen LogP contribution in [0.15, 0.2) is 18.0 Å². The lowest BCUT2D eigenvalue weighted by molar-refractivity contribution is -0.292. The van der Waals surface area contributed by atoms with Gasteiger partial charge in [0.05, 0.1) is 12.3 Å². The number of primary amides is 1. The monoisotopic (exact) mass is 700 g/mol. The number of phosphoric ester groups is 1. The lowest BCUT2D eigenvalue weighted by Crippen LogP contribution is -2.61. The number of aliphatic hydroxyl groups is 6. The molecule has 0 aliphatic carbocycles. The van der Waals surface area contributed by atoms with Gasteiger partial charge in [-0.05, 0) is 17.2 Å². The molecule has 3 heterocycles. The van der Waals surface area contributed by atoms with E-state index >= 15 is 4.39 Å². The molecule has 1 aromatic heterocycles. The second-order valence-electron chi connectivity index (χ2n) is 9.33. The highest BCUT2D eigenvalue weighted by molar-refractivity contribution is 8.08. The van der Waals surface area contributed by atoms with Crippen LogP contribution < -0.4 is 11.5 Å². The van der Waals surface area contributed by atoms with E-state index in [1.807, 2.05) is 0 Å². The molecule has 0 spiro atoms. The number of phosphoric acid groups is 1. The first kappa shape index (κ1) is 36.4. The number of rotatable bonds is 13. The van der Waals surface area contributed by atoms with Gasteiger partial charge in [-0.25, -0.2) is 13.3 Å². The molecule has 7 unspecified atom stereocenters. The van der Waals surface area contributed by atoms with Crippen LogP contribution in [0.25, 0.3) is 0 Å². The summed E-state index contributed by atoms with van der Waals surface area (Å²) < 4.78 is 58.1. The molecule has 0 aromatic carbocycles. The van der Waals surface area contributed by atoms with Gasteiger partial charge in [0.25, 0.3) is 11.8 Å². The van der Waals surface area contributed by atoms with Crippen LogP contribution in [0.3, 0.4) is 0 Å². The smallest absolute Gasteiger partial charge is 0.397 e. The minimum absolute atomic E-state index is 0.0185. The largest absolute Gasteiger partial charge is 0.481 e. The van der Waals surface area contributed by atoms with Crippen molar-refractivity contribution in [3.05, 3.63) is 28.5 Å². The van der Waals surface area contributed by atoms with Crippen molar-refractivity contribution in [2.45, 2.75) is 60.5 Å². The lowest BCUT2D eigenvalue weighted by atomic mass is 9.86. The summed E-state index contributed by atoms with van der Waals surface area (Å²) in [5.41, 5.74) is 8.97. The topological polar surface area (TPSA) is 303 Å². The summed E-state index contributed by atoms with van der Waals surface area (Å²) in [5, 5.41) is 61.0. The molecule has 246 valence electrons. The van der Waals surface area contributed by atoms with Crippen LogP contribution in [-0.4, -0.2) is 121 Å². The predicted octanol–water partition coefficient (Wildman–Crippen LogP) is -2.37. The Morgan fingerprint density at radius 2 is 1.93 bits per heavy atom. The normalized spacial score (nSPS) is 38.2. The van der Waals surface area contributed by atoms with E-state index in [2.05, 4.69) is 27.2 Å². The van der Waals surface area contributed by atoms with E-state index in [1.165, 1.54) is 5.38 Å². The highest BCUT2D eigenvalue weighted by Gasteiger charge is 2.65. The Hall–Kier alpha value is -1.04. The third kappa shape index (κ3) is 7.19. The molecule has 1 amide bonds. The van der Waals surface area contributed by atoms with Crippen molar-refractivity contribution in [3.63, 3.8) is 0 Å². The van der Waals surface area contributed by atoms with E-state index in [0.717, 1.165) is 24.5 Å². The average molecular weight is 701 g/mol. The zero-order chi connectivity index (χ0) is 32.7. The van der Waals surface area contributed by atoms with Crippen molar-refractivity contribution in [2.24, 2.45) is 5.73 Å². The zero-order valence-corrected chi connectivity index (χ0v) is 25.4. The summed E-state index contributed by atoms with van der Waals surface area (Å²) in [6.45, 7) is -3.90. The van der Waals surface area contributed by atoms with Crippen LogP contribution in [0.1, 0.15) is 21.3 Å². The van der Waals surface area contributed by atoms with E-state index in [9.17, 15) is 44.7 Å². The molecule has 0 radical (unpaired) electrons. The van der Waals surface area contributed by atoms with Crippen LogP contribution >= 0.6 is 25.9 Å². The van der Waals surface area contributed by atoms with Crippen LogP contribution in [0.4, 0.5) is 10.1 Å².